The van der Waals surface area contributed by atoms with E-state index in [1.165, 1.54) is 5.56 Å². The summed E-state index contributed by atoms with van der Waals surface area (Å²) in [4.78, 5) is 16.6. The average Bonchev–Trinajstić information content (AvgIpc) is 2.75. The standard InChI is InChI=1S/C16H22N2O3S/c1-13-3-5-14(6-4-13)18-9-7-15(16(18)19)17-8-2-11-22(20,21)12-10-17/h3-6,15H,2,7-12H2,1H3/t15-/m0/s1. The molecule has 1 amide bonds. The highest BCUT2D eigenvalue weighted by Gasteiger charge is 2.37. The Hall–Kier alpha value is -1.40. The molecular weight excluding hydrogens is 300 g/mol. The number of sulfone groups is 1. The smallest absolute Gasteiger partial charge is 0.244 e. The van der Waals surface area contributed by atoms with E-state index in [2.05, 4.69) is 4.90 Å². The van der Waals surface area contributed by atoms with Crippen LogP contribution >= 0.6 is 0 Å². The van der Waals surface area contributed by atoms with Gasteiger partial charge in [0, 0.05) is 18.8 Å². The van der Waals surface area contributed by atoms with E-state index >= 15 is 0 Å². The quantitative estimate of drug-likeness (QED) is 0.821. The molecule has 22 heavy (non-hydrogen) atoms. The lowest BCUT2D eigenvalue weighted by molar-refractivity contribution is -0.121. The molecule has 0 spiro atoms. The van der Waals surface area contributed by atoms with Crippen LogP contribution in [0.1, 0.15) is 18.4 Å². The summed E-state index contributed by atoms with van der Waals surface area (Å²) in [6, 6.07) is 7.79. The number of carbonyl (C=O) groups excluding carboxylic acids is 1. The van der Waals surface area contributed by atoms with Gasteiger partial charge in [0.25, 0.3) is 0 Å². The van der Waals surface area contributed by atoms with Gasteiger partial charge in [-0.25, -0.2) is 8.42 Å². The number of nitrogens with zero attached hydrogens (tertiary/aromatic N) is 2. The van der Waals surface area contributed by atoms with Crippen molar-refractivity contribution in [2.45, 2.75) is 25.8 Å². The van der Waals surface area contributed by atoms with Crippen molar-refractivity contribution in [1.29, 1.82) is 0 Å². The van der Waals surface area contributed by atoms with Crippen molar-refractivity contribution in [3.8, 4) is 0 Å². The van der Waals surface area contributed by atoms with Gasteiger partial charge >= 0.3 is 0 Å². The fourth-order valence-corrected chi connectivity index (χ4v) is 4.54. The van der Waals surface area contributed by atoms with E-state index in [-0.39, 0.29) is 23.5 Å². The molecule has 5 nitrogen and oxygen atoms in total. The lowest BCUT2D eigenvalue weighted by Crippen LogP contribution is -2.43. The Labute approximate surface area is 131 Å². The normalized spacial score (nSPS) is 26.1. The zero-order valence-electron chi connectivity index (χ0n) is 12.9. The first-order valence-corrected chi connectivity index (χ1v) is 9.61. The molecule has 2 heterocycles. The van der Waals surface area contributed by atoms with E-state index in [1.807, 2.05) is 36.1 Å². The summed E-state index contributed by atoms with van der Waals surface area (Å²) >= 11 is 0. The van der Waals surface area contributed by atoms with Gasteiger partial charge in [-0.05, 0) is 38.4 Å². The molecule has 2 fully saturated rings. The van der Waals surface area contributed by atoms with E-state index < -0.39 is 9.84 Å². The van der Waals surface area contributed by atoms with E-state index in [0.717, 1.165) is 12.1 Å². The van der Waals surface area contributed by atoms with Crippen LogP contribution in [0, 0.1) is 6.92 Å². The summed E-state index contributed by atoms with van der Waals surface area (Å²) in [7, 11) is -2.94. The molecule has 120 valence electrons. The highest BCUT2D eigenvalue weighted by Crippen LogP contribution is 2.25. The zero-order chi connectivity index (χ0) is 15.7. The Morgan fingerprint density at radius 1 is 1.05 bits per heavy atom. The molecule has 1 aromatic rings. The second kappa shape index (κ2) is 6.01. The maximum absolute atomic E-state index is 12.7. The number of aryl methyl sites for hydroxylation is 1. The van der Waals surface area contributed by atoms with Crippen LogP contribution in [0.5, 0.6) is 0 Å². The van der Waals surface area contributed by atoms with Crippen molar-refractivity contribution < 1.29 is 13.2 Å². The number of anilines is 1. The summed E-state index contributed by atoms with van der Waals surface area (Å²) in [5, 5.41) is 0. The zero-order valence-corrected chi connectivity index (χ0v) is 13.7. The number of hydrogen-bond acceptors (Lipinski definition) is 4. The van der Waals surface area contributed by atoms with E-state index in [9.17, 15) is 13.2 Å². The molecule has 2 aliphatic rings. The third-order valence-corrected chi connectivity index (χ3v) is 6.27. The fraction of sp³-hybridized carbons (Fsp3) is 0.562. The van der Waals surface area contributed by atoms with Crippen LogP contribution < -0.4 is 4.90 Å². The minimum absolute atomic E-state index is 0.100. The molecule has 6 heteroatoms. The summed E-state index contributed by atoms with van der Waals surface area (Å²) in [6.45, 7) is 3.89. The molecule has 0 aliphatic carbocycles. The highest BCUT2D eigenvalue weighted by atomic mass is 32.2. The van der Waals surface area contributed by atoms with Crippen LogP contribution in [-0.4, -0.2) is 56.4 Å². The van der Waals surface area contributed by atoms with E-state index in [4.69, 9.17) is 0 Å². The van der Waals surface area contributed by atoms with Gasteiger partial charge in [0.1, 0.15) is 0 Å². The van der Waals surface area contributed by atoms with E-state index in [0.29, 0.717) is 26.1 Å². The van der Waals surface area contributed by atoms with Crippen molar-refractivity contribution >= 4 is 21.4 Å². The van der Waals surface area contributed by atoms with E-state index in [1.54, 1.807) is 0 Å². The molecule has 3 rings (SSSR count). The molecule has 0 radical (unpaired) electrons. The highest BCUT2D eigenvalue weighted by molar-refractivity contribution is 7.91. The van der Waals surface area contributed by atoms with Crippen molar-refractivity contribution in [2.24, 2.45) is 0 Å². The van der Waals surface area contributed by atoms with Gasteiger partial charge in [-0.3, -0.25) is 9.69 Å². The number of carbonyl (C=O) groups is 1. The number of rotatable bonds is 2. The van der Waals surface area contributed by atoms with Gasteiger partial charge in [0.05, 0.1) is 17.5 Å². The molecule has 2 saturated heterocycles. The van der Waals surface area contributed by atoms with Gasteiger partial charge in [0.2, 0.25) is 5.91 Å². The van der Waals surface area contributed by atoms with Gasteiger partial charge in [-0.1, -0.05) is 17.7 Å². The Bertz CT molecular complexity index is 654. The Morgan fingerprint density at radius 3 is 2.50 bits per heavy atom. The Balaban J connectivity index is 1.72. The van der Waals surface area contributed by atoms with Crippen LogP contribution in [0.15, 0.2) is 24.3 Å². The first-order valence-electron chi connectivity index (χ1n) is 7.79. The van der Waals surface area contributed by atoms with Crippen LogP contribution in [-0.2, 0) is 14.6 Å². The molecule has 1 aromatic carbocycles. The minimum Gasteiger partial charge on any atom is -0.311 e. The monoisotopic (exact) mass is 322 g/mol. The van der Waals surface area contributed by atoms with Gasteiger partial charge in [-0.2, -0.15) is 0 Å². The Morgan fingerprint density at radius 2 is 1.77 bits per heavy atom. The number of benzene rings is 1. The summed E-state index contributed by atoms with van der Waals surface area (Å²) in [5.74, 6) is 0.510. The van der Waals surface area contributed by atoms with Crippen molar-refractivity contribution in [2.75, 3.05) is 36.0 Å². The SMILES string of the molecule is Cc1ccc(N2CC[C@H](N3CCCS(=O)(=O)CC3)C2=O)cc1. The summed E-state index contributed by atoms with van der Waals surface area (Å²) in [5.41, 5.74) is 2.10. The molecule has 2 aliphatic heterocycles. The first kappa shape index (κ1) is 15.5. The summed E-state index contributed by atoms with van der Waals surface area (Å²) in [6.07, 6.45) is 1.39. The molecular formula is C16H22N2O3S. The van der Waals surface area contributed by atoms with Gasteiger partial charge in [-0.15, -0.1) is 0 Å². The van der Waals surface area contributed by atoms with Crippen LogP contribution in [0.3, 0.4) is 0 Å². The molecule has 0 bridgehead atoms. The maximum Gasteiger partial charge on any atom is 0.244 e. The summed E-state index contributed by atoms with van der Waals surface area (Å²) < 4.78 is 23.4. The van der Waals surface area contributed by atoms with Crippen LogP contribution in [0.4, 0.5) is 5.69 Å². The lowest BCUT2D eigenvalue weighted by atomic mass is 10.2. The van der Waals surface area contributed by atoms with Crippen LogP contribution in [0.2, 0.25) is 0 Å². The Kier molecular flexibility index (Phi) is 4.23. The topological polar surface area (TPSA) is 57.7 Å². The van der Waals surface area contributed by atoms with Crippen molar-refractivity contribution in [3.63, 3.8) is 0 Å². The minimum atomic E-state index is -2.94. The van der Waals surface area contributed by atoms with Crippen molar-refractivity contribution in [1.82, 2.24) is 4.90 Å². The first-order chi connectivity index (χ1) is 10.5. The molecule has 0 aromatic heterocycles. The van der Waals surface area contributed by atoms with Gasteiger partial charge in [0.15, 0.2) is 9.84 Å². The maximum atomic E-state index is 12.7. The predicted octanol–water partition coefficient (Wildman–Crippen LogP) is 1.22. The third-order valence-electron chi connectivity index (χ3n) is 4.55. The molecule has 0 unspecified atom stereocenters. The second-order valence-electron chi connectivity index (χ2n) is 6.17. The second-order valence-corrected chi connectivity index (χ2v) is 8.47. The third kappa shape index (κ3) is 3.17. The van der Waals surface area contributed by atoms with Crippen LogP contribution in [0.25, 0.3) is 0 Å². The largest absolute Gasteiger partial charge is 0.311 e. The molecule has 0 N–H and O–H groups in total. The number of hydrogen-bond donors (Lipinski definition) is 0. The predicted molar refractivity (Wildman–Crippen MR) is 86.8 cm³/mol. The number of amides is 1. The molecule has 1 atom stereocenters. The molecule has 0 saturated carbocycles. The lowest BCUT2D eigenvalue weighted by Gasteiger charge is -2.26. The van der Waals surface area contributed by atoms with Crippen molar-refractivity contribution in [3.05, 3.63) is 29.8 Å². The average molecular weight is 322 g/mol. The van der Waals surface area contributed by atoms with Gasteiger partial charge < -0.3 is 4.90 Å². The fourth-order valence-electron chi connectivity index (χ4n) is 3.25.